The zero-order valence-corrected chi connectivity index (χ0v) is 9.90. The van der Waals surface area contributed by atoms with Gasteiger partial charge in [-0.15, -0.1) is 0 Å². The summed E-state index contributed by atoms with van der Waals surface area (Å²) in [6.07, 6.45) is 0. The number of rotatable bonds is 3. The highest BCUT2D eigenvalue weighted by Crippen LogP contribution is 2.08. The van der Waals surface area contributed by atoms with Gasteiger partial charge in [0.25, 0.3) is 5.91 Å². The Balaban J connectivity index is 2.84. The predicted octanol–water partition coefficient (Wildman–Crippen LogP) is 1.54. The molecular weight excluding hydrogens is 227 g/mol. The van der Waals surface area contributed by atoms with Gasteiger partial charge in [-0.05, 0) is 37.6 Å². The molecule has 0 saturated heterocycles. The molecular formula is C11H13FN2OS. The molecule has 3 nitrogen and oxygen atoms in total. The maximum atomic E-state index is 13.1. The van der Waals surface area contributed by atoms with E-state index in [-0.39, 0.29) is 16.5 Å². The second kappa shape index (κ2) is 5.03. The van der Waals surface area contributed by atoms with Crippen molar-refractivity contribution in [1.29, 1.82) is 0 Å². The monoisotopic (exact) mass is 240 g/mol. The molecule has 0 saturated carbocycles. The molecule has 0 fully saturated rings. The van der Waals surface area contributed by atoms with Gasteiger partial charge in [0.2, 0.25) is 0 Å². The Labute approximate surface area is 98.8 Å². The Morgan fingerprint density at radius 2 is 2.12 bits per heavy atom. The standard InChI is InChI=1S/C11H13FN2OS/c1-6-3-8(5-9(12)4-6)11(15)14-7(2)10(13)16/h3-5,7H,1-2H3,(H2,13,16)(H,14,15). The van der Waals surface area contributed by atoms with Crippen molar-refractivity contribution in [2.24, 2.45) is 5.73 Å². The fourth-order valence-corrected chi connectivity index (χ4v) is 1.28. The van der Waals surface area contributed by atoms with Gasteiger partial charge >= 0.3 is 0 Å². The Kier molecular flexibility index (Phi) is 3.95. The molecule has 1 aromatic carbocycles. The van der Waals surface area contributed by atoms with Gasteiger partial charge in [-0.2, -0.15) is 0 Å². The van der Waals surface area contributed by atoms with Crippen LogP contribution in [-0.4, -0.2) is 16.9 Å². The third-order valence-corrected chi connectivity index (χ3v) is 2.43. The summed E-state index contributed by atoms with van der Waals surface area (Å²) in [6.45, 7) is 3.39. The number of aryl methyl sites for hydroxylation is 1. The summed E-state index contributed by atoms with van der Waals surface area (Å²) < 4.78 is 13.1. The smallest absolute Gasteiger partial charge is 0.251 e. The van der Waals surface area contributed by atoms with E-state index >= 15 is 0 Å². The third-order valence-electron chi connectivity index (χ3n) is 2.08. The highest BCUT2D eigenvalue weighted by atomic mass is 32.1. The van der Waals surface area contributed by atoms with Crippen LogP contribution in [0.5, 0.6) is 0 Å². The largest absolute Gasteiger partial charge is 0.392 e. The van der Waals surface area contributed by atoms with Crippen LogP contribution in [0, 0.1) is 12.7 Å². The Bertz CT molecular complexity index is 414. The van der Waals surface area contributed by atoms with Crippen molar-refractivity contribution in [1.82, 2.24) is 5.32 Å². The van der Waals surface area contributed by atoms with Gasteiger partial charge in [-0.25, -0.2) is 4.39 Å². The van der Waals surface area contributed by atoms with Crippen molar-refractivity contribution in [2.45, 2.75) is 19.9 Å². The molecule has 0 bridgehead atoms. The molecule has 0 spiro atoms. The first-order chi connectivity index (χ1) is 7.40. The second-order valence-corrected chi connectivity index (χ2v) is 4.09. The normalized spacial score (nSPS) is 11.9. The topological polar surface area (TPSA) is 55.1 Å². The average Bonchev–Trinajstić information content (AvgIpc) is 2.15. The van der Waals surface area contributed by atoms with Crippen molar-refractivity contribution in [3.8, 4) is 0 Å². The summed E-state index contributed by atoms with van der Waals surface area (Å²) in [5, 5.41) is 2.58. The predicted molar refractivity (Wildman–Crippen MR) is 64.9 cm³/mol. The summed E-state index contributed by atoms with van der Waals surface area (Å²) in [5.74, 6) is -0.823. The Hall–Kier alpha value is -1.49. The van der Waals surface area contributed by atoms with E-state index in [2.05, 4.69) is 5.32 Å². The maximum Gasteiger partial charge on any atom is 0.251 e. The lowest BCUT2D eigenvalue weighted by Gasteiger charge is -2.12. The molecule has 16 heavy (non-hydrogen) atoms. The molecule has 1 rings (SSSR count). The number of carbonyl (C=O) groups excluding carboxylic acids is 1. The zero-order valence-electron chi connectivity index (χ0n) is 9.08. The lowest BCUT2D eigenvalue weighted by molar-refractivity contribution is 0.0949. The van der Waals surface area contributed by atoms with E-state index in [1.54, 1.807) is 19.9 Å². The van der Waals surface area contributed by atoms with Crippen molar-refractivity contribution < 1.29 is 9.18 Å². The highest BCUT2D eigenvalue weighted by molar-refractivity contribution is 7.80. The minimum atomic E-state index is -0.437. The summed E-state index contributed by atoms with van der Waals surface area (Å²) in [6, 6.07) is 3.72. The van der Waals surface area contributed by atoms with Crippen LogP contribution in [0.4, 0.5) is 4.39 Å². The van der Waals surface area contributed by atoms with E-state index in [9.17, 15) is 9.18 Å². The number of thiocarbonyl (C=S) groups is 1. The first kappa shape index (κ1) is 12.6. The molecule has 5 heteroatoms. The van der Waals surface area contributed by atoms with Gasteiger partial charge in [-0.1, -0.05) is 12.2 Å². The fraction of sp³-hybridized carbons (Fsp3) is 0.273. The van der Waals surface area contributed by atoms with Crippen LogP contribution >= 0.6 is 12.2 Å². The number of benzene rings is 1. The Morgan fingerprint density at radius 1 is 1.50 bits per heavy atom. The number of halogens is 1. The molecule has 0 aliphatic rings. The average molecular weight is 240 g/mol. The molecule has 1 atom stereocenters. The number of amides is 1. The summed E-state index contributed by atoms with van der Waals surface area (Å²) in [4.78, 5) is 11.9. The SMILES string of the molecule is Cc1cc(F)cc(C(=O)NC(C)C(N)=S)c1. The number of hydrogen-bond acceptors (Lipinski definition) is 2. The van der Waals surface area contributed by atoms with E-state index in [4.69, 9.17) is 18.0 Å². The van der Waals surface area contributed by atoms with E-state index in [1.807, 2.05) is 0 Å². The summed E-state index contributed by atoms with van der Waals surface area (Å²) in [5.41, 5.74) is 6.32. The van der Waals surface area contributed by atoms with Crippen LogP contribution in [0.1, 0.15) is 22.8 Å². The Morgan fingerprint density at radius 3 is 2.62 bits per heavy atom. The lowest BCUT2D eigenvalue weighted by atomic mass is 10.1. The molecule has 3 N–H and O–H groups in total. The van der Waals surface area contributed by atoms with Crippen LogP contribution in [0.15, 0.2) is 18.2 Å². The van der Waals surface area contributed by atoms with Gasteiger partial charge < -0.3 is 11.1 Å². The summed E-state index contributed by atoms with van der Waals surface area (Å²) in [7, 11) is 0. The van der Waals surface area contributed by atoms with E-state index < -0.39 is 11.9 Å². The van der Waals surface area contributed by atoms with Crippen LogP contribution in [-0.2, 0) is 0 Å². The number of hydrogen-bond donors (Lipinski definition) is 2. The molecule has 1 amide bonds. The minimum absolute atomic E-state index is 0.196. The summed E-state index contributed by atoms with van der Waals surface area (Å²) >= 11 is 4.73. The van der Waals surface area contributed by atoms with Gasteiger partial charge in [0.05, 0.1) is 11.0 Å². The fourth-order valence-electron chi connectivity index (χ4n) is 1.22. The van der Waals surface area contributed by atoms with E-state index in [1.165, 1.54) is 12.1 Å². The van der Waals surface area contributed by atoms with Crippen LogP contribution in [0.2, 0.25) is 0 Å². The van der Waals surface area contributed by atoms with Gasteiger partial charge in [-0.3, -0.25) is 4.79 Å². The molecule has 1 unspecified atom stereocenters. The molecule has 0 heterocycles. The molecule has 0 radical (unpaired) electrons. The van der Waals surface area contributed by atoms with Gasteiger partial charge in [0, 0.05) is 5.56 Å². The van der Waals surface area contributed by atoms with Crippen LogP contribution in [0.3, 0.4) is 0 Å². The zero-order chi connectivity index (χ0) is 12.3. The third kappa shape index (κ3) is 3.27. The van der Waals surface area contributed by atoms with Gasteiger partial charge in [0.15, 0.2) is 0 Å². The molecule has 0 aromatic heterocycles. The van der Waals surface area contributed by atoms with Crippen molar-refractivity contribution >= 4 is 23.1 Å². The first-order valence-corrected chi connectivity index (χ1v) is 5.18. The van der Waals surface area contributed by atoms with Crippen molar-refractivity contribution in [3.63, 3.8) is 0 Å². The van der Waals surface area contributed by atoms with E-state index in [0.717, 1.165) is 0 Å². The quantitative estimate of drug-likeness (QED) is 0.788. The highest BCUT2D eigenvalue weighted by Gasteiger charge is 2.12. The number of carbonyl (C=O) groups is 1. The van der Waals surface area contributed by atoms with Crippen LogP contribution < -0.4 is 11.1 Å². The van der Waals surface area contributed by atoms with Gasteiger partial charge in [0.1, 0.15) is 5.82 Å². The molecule has 1 aromatic rings. The first-order valence-electron chi connectivity index (χ1n) is 4.77. The number of nitrogens with one attached hydrogen (secondary N) is 1. The second-order valence-electron chi connectivity index (χ2n) is 3.61. The molecule has 0 aliphatic heterocycles. The van der Waals surface area contributed by atoms with Crippen molar-refractivity contribution in [3.05, 3.63) is 35.1 Å². The lowest BCUT2D eigenvalue weighted by Crippen LogP contribution is -2.41. The minimum Gasteiger partial charge on any atom is -0.392 e. The molecule has 86 valence electrons. The molecule has 0 aliphatic carbocycles. The van der Waals surface area contributed by atoms with E-state index in [0.29, 0.717) is 5.56 Å². The number of nitrogens with two attached hydrogens (primary N) is 1. The van der Waals surface area contributed by atoms with Crippen LogP contribution in [0.25, 0.3) is 0 Å². The maximum absolute atomic E-state index is 13.1. The van der Waals surface area contributed by atoms with Crippen molar-refractivity contribution in [2.75, 3.05) is 0 Å².